The summed E-state index contributed by atoms with van der Waals surface area (Å²) in [6.45, 7) is 0.729. The summed E-state index contributed by atoms with van der Waals surface area (Å²) in [5.74, 6) is 0.621. The van der Waals surface area contributed by atoms with Crippen LogP contribution in [0, 0.1) is 0 Å². The van der Waals surface area contributed by atoms with Crippen molar-refractivity contribution in [2.24, 2.45) is 9.98 Å². The molecule has 0 saturated carbocycles. The first kappa shape index (κ1) is 10.9. The first-order chi connectivity index (χ1) is 6.86. The second-order valence-electron chi connectivity index (χ2n) is 2.53. The summed E-state index contributed by atoms with van der Waals surface area (Å²) in [4.78, 5) is 8.13. The second-order valence-corrected chi connectivity index (χ2v) is 2.53. The number of hydrogen-bond donors (Lipinski definition) is 3. The van der Waals surface area contributed by atoms with E-state index in [2.05, 4.69) is 25.9 Å². The summed E-state index contributed by atoms with van der Waals surface area (Å²) in [5, 5.41) is 8.82. The van der Waals surface area contributed by atoms with Crippen LogP contribution in [0.2, 0.25) is 0 Å². The van der Waals surface area contributed by atoms with Gasteiger partial charge in [0.2, 0.25) is 5.96 Å². The Labute approximate surface area is 82.6 Å². The van der Waals surface area contributed by atoms with E-state index < -0.39 is 0 Å². The van der Waals surface area contributed by atoms with E-state index in [1.165, 1.54) is 0 Å². The van der Waals surface area contributed by atoms with E-state index in [-0.39, 0.29) is 6.29 Å². The fraction of sp³-hybridized carbons (Fsp3) is 0.714. The number of rotatable bonds is 5. The van der Waals surface area contributed by atoms with Crippen molar-refractivity contribution in [3.8, 4) is 0 Å². The van der Waals surface area contributed by atoms with Gasteiger partial charge in [0.15, 0.2) is 6.29 Å². The molecule has 0 radical (unpaired) electrons. The minimum absolute atomic E-state index is 0.216. The van der Waals surface area contributed by atoms with Gasteiger partial charge in [0, 0.05) is 14.2 Å². The molecule has 7 nitrogen and oxygen atoms in total. The monoisotopic (exact) mass is 201 g/mol. The Kier molecular flexibility index (Phi) is 4.90. The molecule has 1 aliphatic heterocycles. The molecule has 0 spiro atoms. The van der Waals surface area contributed by atoms with Gasteiger partial charge in [-0.15, -0.1) is 0 Å². The van der Waals surface area contributed by atoms with Gasteiger partial charge in [-0.05, 0) is 0 Å². The first-order valence-electron chi connectivity index (χ1n) is 4.17. The number of aliphatic imine (C=N–C) groups is 2. The fourth-order valence-electron chi connectivity index (χ4n) is 0.868. The fourth-order valence-corrected chi connectivity index (χ4v) is 0.868. The van der Waals surface area contributed by atoms with Crippen molar-refractivity contribution in [2.45, 2.75) is 6.29 Å². The average Bonchev–Trinajstić information content (AvgIpc) is 2.24. The summed E-state index contributed by atoms with van der Waals surface area (Å²) in [6, 6.07) is 0. The van der Waals surface area contributed by atoms with Crippen molar-refractivity contribution in [3.05, 3.63) is 0 Å². The van der Waals surface area contributed by atoms with Crippen LogP contribution >= 0.6 is 0 Å². The Balaban J connectivity index is 2.35. The van der Waals surface area contributed by atoms with Crippen LogP contribution in [0.3, 0.4) is 0 Å². The predicted octanol–water partition coefficient (Wildman–Crippen LogP) is -1.36. The second kappa shape index (κ2) is 6.30. The standard InChI is InChI=1S/C7H15N5O2/c1-13-4-10-6-8-3-9-7(12-6)11-5-14-2/h3,6,10H,4-5H2,1-2H3,(H2,8,9,11,12). The highest BCUT2D eigenvalue weighted by molar-refractivity contribution is 5.91. The SMILES string of the molecule is COCN=C1NC=NC(NCOC)N1. The highest BCUT2D eigenvalue weighted by Crippen LogP contribution is 1.85. The van der Waals surface area contributed by atoms with Gasteiger partial charge in [0.05, 0.1) is 13.1 Å². The number of hydrogen-bond acceptors (Lipinski definition) is 5. The third-order valence-electron chi connectivity index (χ3n) is 1.47. The Morgan fingerprint density at radius 3 is 3.14 bits per heavy atom. The largest absolute Gasteiger partial charge is 0.369 e. The van der Waals surface area contributed by atoms with Gasteiger partial charge in [0.25, 0.3) is 0 Å². The molecule has 1 atom stereocenters. The van der Waals surface area contributed by atoms with Crippen LogP contribution < -0.4 is 16.0 Å². The van der Waals surface area contributed by atoms with E-state index in [1.807, 2.05) is 0 Å². The van der Waals surface area contributed by atoms with Crippen molar-refractivity contribution in [1.82, 2.24) is 16.0 Å². The summed E-state index contributed by atoms with van der Waals surface area (Å²) < 4.78 is 9.65. The van der Waals surface area contributed by atoms with Crippen molar-refractivity contribution in [1.29, 1.82) is 0 Å². The number of methoxy groups -OCH3 is 2. The van der Waals surface area contributed by atoms with Gasteiger partial charge >= 0.3 is 0 Å². The maximum atomic E-state index is 4.85. The number of nitrogens with zero attached hydrogens (tertiary/aromatic N) is 2. The van der Waals surface area contributed by atoms with Crippen molar-refractivity contribution in [3.63, 3.8) is 0 Å². The zero-order valence-corrected chi connectivity index (χ0v) is 8.28. The topological polar surface area (TPSA) is 79.3 Å². The van der Waals surface area contributed by atoms with Crippen LogP contribution in [0.15, 0.2) is 9.98 Å². The van der Waals surface area contributed by atoms with E-state index in [1.54, 1.807) is 20.6 Å². The minimum Gasteiger partial charge on any atom is -0.369 e. The lowest BCUT2D eigenvalue weighted by Gasteiger charge is -2.21. The van der Waals surface area contributed by atoms with Crippen molar-refractivity contribution < 1.29 is 9.47 Å². The number of guanidine groups is 1. The lowest BCUT2D eigenvalue weighted by molar-refractivity contribution is 0.161. The van der Waals surface area contributed by atoms with Gasteiger partial charge in [0.1, 0.15) is 6.73 Å². The number of nitrogens with one attached hydrogen (secondary N) is 3. The van der Waals surface area contributed by atoms with E-state index in [9.17, 15) is 0 Å². The first-order valence-corrected chi connectivity index (χ1v) is 4.17. The lowest BCUT2D eigenvalue weighted by atomic mass is 10.7. The van der Waals surface area contributed by atoms with Crippen LogP contribution in [0.1, 0.15) is 0 Å². The maximum Gasteiger partial charge on any atom is 0.201 e. The molecule has 0 amide bonds. The Morgan fingerprint density at radius 1 is 1.57 bits per heavy atom. The molecule has 0 aromatic heterocycles. The van der Waals surface area contributed by atoms with Crippen LogP contribution in [0.25, 0.3) is 0 Å². The molecule has 0 saturated heterocycles. The normalized spacial score (nSPS) is 23.3. The van der Waals surface area contributed by atoms with Crippen molar-refractivity contribution >= 4 is 12.3 Å². The average molecular weight is 201 g/mol. The molecule has 1 aliphatic rings. The molecule has 0 aromatic carbocycles. The predicted molar refractivity (Wildman–Crippen MR) is 52.9 cm³/mol. The molecule has 0 aliphatic carbocycles. The summed E-state index contributed by atoms with van der Waals surface area (Å²) >= 11 is 0. The van der Waals surface area contributed by atoms with Gasteiger partial charge in [-0.3, -0.25) is 5.32 Å². The minimum atomic E-state index is -0.216. The Morgan fingerprint density at radius 2 is 2.43 bits per heavy atom. The van der Waals surface area contributed by atoms with Gasteiger partial charge in [-0.2, -0.15) is 0 Å². The molecule has 1 heterocycles. The molecule has 80 valence electrons. The van der Waals surface area contributed by atoms with E-state index in [0.717, 1.165) is 0 Å². The molecule has 3 N–H and O–H groups in total. The van der Waals surface area contributed by atoms with Crippen LogP contribution in [0.4, 0.5) is 0 Å². The van der Waals surface area contributed by atoms with Crippen LogP contribution in [-0.4, -0.2) is 46.3 Å². The summed E-state index contributed by atoms with van der Waals surface area (Å²) in [5.41, 5.74) is 0. The third-order valence-corrected chi connectivity index (χ3v) is 1.47. The molecule has 7 heteroatoms. The maximum absolute atomic E-state index is 4.85. The van der Waals surface area contributed by atoms with Gasteiger partial charge in [-0.1, -0.05) is 0 Å². The highest BCUT2D eigenvalue weighted by atomic mass is 16.5. The molecular weight excluding hydrogens is 186 g/mol. The highest BCUT2D eigenvalue weighted by Gasteiger charge is 2.10. The molecule has 1 unspecified atom stereocenters. The van der Waals surface area contributed by atoms with E-state index in [0.29, 0.717) is 19.4 Å². The van der Waals surface area contributed by atoms with E-state index in [4.69, 9.17) is 9.47 Å². The molecular formula is C7H15N5O2. The zero-order chi connectivity index (χ0) is 10.2. The van der Waals surface area contributed by atoms with E-state index >= 15 is 0 Å². The van der Waals surface area contributed by atoms with Crippen LogP contribution in [0.5, 0.6) is 0 Å². The smallest absolute Gasteiger partial charge is 0.201 e. The Bertz CT molecular complexity index is 218. The quantitative estimate of drug-likeness (QED) is 0.479. The van der Waals surface area contributed by atoms with Crippen LogP contribution in [-0.2, 0) is 9.47 Å². The van der Waals surface area contributed by atoms with Crippen molar-refractivity contribution in [2.75, 3.05) is 27.7 Å². The summed E-state index contributed by atoms with van der Waals surface area (Å²) in [7, 11) is 3.19. The lowest BCUT2D eigenvalue weighted by Crippen LogP contribution is -2.53. The van der Waals surface area contributed by atoms with Gasteiger partial charge in [-0.25, -0.2) is 9.98 Å². The number of ether oxygens (including phenoxy) is 2. The Hall–Kier alpha value is -1.18. The molecule has 14 heavy (non-hydrogen) atoms. The zero-order valence-electron chi connectivity index (χ0n) is 8.28. The molecule has 0 bridgehead atoms. The van der Waals surface area contributed by atoms with Gasteiger partial charge < -0.3 is 20.1 Å². The molecule has 1 rings (SSSR count). The molecule has 0 aromatic rings. The molecule has 0 fully saturated rings. The summed E-state index contributed by atoms with van der Waals surface area (Å²) in [6.07, 6.45) is 1.35. The third kappa shape index (κ3) is 3.69.